The Morgan fingerprint density at radius 3 is 2.67 bits per heavy atom. The number of hydrogen-bond acceptors (Lipinski definition) is 6. The van der Waals surface area contributed by atoms with Crippen molar-refractivity contribution in [1.82, 2.24) is 14.5 Å². The standard InChI is InChI=1S/C14H21N3O3S/c1-3-5-11-12(21-16-15-11)13(18)17-8-6-10(7-9-17)14(19)20-4-2/h10H,3-9H2,1-2H3. The van der Waals surface area contributed by atoms with Gasteiger partial charge in [-0.1, -0.05) is 17.8 Å². The molecule has 0 spiro atoms. The van der Waals surface area contributed by atoms with E-state index in [2.05, 4.69) is 16.5 Å². The summed E-state index contributed by atoms with van der Waals surface area (Å²) in [4.78, 5) is 26.6. The predicted octanol–water partition coefficient (Wildman–Crippen LogP) is 1.91. The average Bonchev–Trinajstić information content (AvgIpc) is 2.95. The number of piperidine rings is 1. The van der Waals surface area contributed by atoms with E-state index in [1.165, 1.54) is 0 Å². The highest BCUT2D eigenvalue weighted by atomic mass is 32.1. The molecule has 6 nitrogen and oxygen atoms in total. The molecule has 1 saturated heterocycles. The highest BCUT2D eigenvalue weighted by Gasteiger charge is 2.30. The van der Waals surface area contributed by atoms with E-state index in [-0.39, 0.29) is 17.8 Å². The molecule has 0 saturated carbocycles. The molecule has 0 unspecified atom stereocenters. The first kappa shape index (κ1) is 15.9. The number of likely N-dealkylation sites (tertiary alicyclic amines) is 1. The molecule has 1 aromatic rings. The van der Waals surface area contributed by atoms with Gasteiger partial charge < -0.3 is 9.64 Å². The second kappa shape index (κ2) is 7.49. The summed E-state index contributed by atoms with van der Waals surface area (Å²) in [7, 11) is 0. The van der Waals surface area contributed by atoms with Gasteiger partial charge in [-0.3, -0.25) is 9.59 Å². The average molecular weight is 311 g/mol. The number of carbonyl (C=O) groups excluding carboxylic acids is 2. The second-order valence-corrected chi connectivity index (χ2v) is 5.87. The Kier molecular flexibility index (Phi) is 5.67. The number of aryl methyl sites for hydroxylation is 1. The maximum Gasteiger partial charge on any atom is 0.309 e. The molecule has 0 aliphatic carbocycles. The fraction of sp³-hybridized carbons (Fsp3) is 0.714. The van der Waals surface area contributed by atoms with Crippen LogP contribution < -0.4 is 0 Å². The van der Waals surface area contributed by atoms with Gasteiger partial charge >= 0.3 is 5.97 Å². The summed E-state index contributed by atoms with van der Waals surface area (Å²) >= 11 is 1.16. The fourth-order valence-corrected chi connectivity index (χ4v) is 3.17. The maximum atomic E-state index is 12.5. The lowest BCUT2D eigenvalue weighted by atomic mass is 9.97. The molecule has 1 aliphatic heterocycles. The quantitative estimate of drug-likeness (QED) is 0.777. The normalized spacial score (nSPS) is 16.0. The van der Waals surface area contributed by atoms with Crippen molar-refractivity contribution in [1.29, 1.82) is 0 Å². The molecule has 116 valence electrons. The summed E-state index contributed by atoms with van der Waals surface area (Å²) in [6.07, 6.45) is 3.05. The van der Waals surface area contributed by atoms with E-state index in [9.17, 15) is 9.59 Å². The molecule has 2 rings (SSSR count). The fourth-order valence-electron chi connectivity index (χ4n) is 2.49. The molecule has 21 heavy (non-hydrogen) atoms. The van der Waals surface area contributed by atoms with Gasteiger partial charge in [-0.05, 0) is 37.7 Å². The summed E-state index contributed by atoms with van der Waals surface area (Å²) in [5.41, 5.74) is 0.792. The molecular weight excluding hydrogens is 290 g/mol. The van der Waals surface area contributed by atoms with Crippen molar-refractivity contribution in [2.45, 2.75) is 39.5 Å². The lowest BCUT2D eigenvalue weighted by molar-refractivity contribution is -0.149. The van der Waals surface area contributed by atoms with Gasteiger partial charge in [0.15, 0.2) is 0 Å². The van der Waals surface area contributed by atoms with Crippen molar-refractivity contribution in [3.63, 3.8) is 0 Å². The summed E-state index contributed by atoms with van der Waals surface area (Å²) in [6.45, 7) is 5.45. The minimum atomic E-state index is -0.143. The van der Waals surface area contributed by atoms with Crippen molar-refractivity contribution in [3.8, 4) is 0 Å². The zero-order valence-corrected chi connectivity index (χ0v) is 13.3. The van der Waals surface area contributed by atoms with Crippen molar-refractivity contribution in [2.75, 3.05) is 19.7 Å². The van der Waals surface area contributed by atoms with Crippen LogP contribution in [0.4, 0.5) is 0 Å². The number of aromatic nitrogens is 2. The number of carbonyl (C=O) groups is 2. The van der Waals surface area contributed by atoms with Crippen molar-refractivity contribution in [3.05, 3.63) is 10.6 Å². The number of ether oxygens (including phenoxy) is 1. The van der Waals surface area contributed by atoms with Crippen LogP contribution in [-0.2, 0) is 16.0 Å². The van der Waals surface area contributed by atoms with Crippen LogP contribution >= 0.6 is 11.5 Å². The number of nitrogens with zero attached hydrogens (tertiary/aromatic N) is 3. The van der Waals surface area contributed by atoms with Crippen molar-refractivity contribution < 1.29 is 14.3 Å². The first-order valence-electron chi connectivity index (χ1n) is 7.44. The molecule has 1 amide bonds. The largest absolute Gasteiger partial charge is 0.466 e. The Morgan fingerprint density at radius 1 is 1.33 bits per heavy atom. The summed E-state index contributed by atoms with van der Waals surface area (Å²) in [5, 5.41) is 4.04. The molecule has 1 aliphatic rings. The predicted molar refractivity (Wildman–Crippen MR) is 79.2 cm³/mol. The molecule has 1 aromatic heterocycles. The molecule has 0 aromatic carbocycles. The zero-order valence-electron chi connectivity index (χ0n) is 12.5. The van der Waals surface area contributed by atoms with Crippen LogP contribution in [0.5, 0.6) is 0 Å². The van der Waals surface area contributed by atoms with E-state index in [1.54, 1.807) is 4.90 Å². The summed E-state index contributed by atoms with van der Waals surface area (Å²) in [5.74, 6) is -0.227. The van der Waals surface area contributed by atoms with Gasteiger partial charge in [0.2, 0.25) is 0 Å². The molecular formula is C14H21N3O3S. The van der Waals surface area contributed by atoms with E-state index in [0.717, 1.165) is 30.1 Å². The molecule has 7 heteroatoms. The Hall–Kier alpha value is -1.50. The van der Waals surface area contributed by atoms with Crippen molar-refractivity contribution in [2.24, 2.45) is 5.92 Å². The van der Waals surface area contributed by atoms with Gasteiger partial charge in [0.1, 0.15) is 4.88 Å². The van der Waals surface area contributed by atoms with Crippen LogP contribution in [-0.4, -0.2) is 46.1 Å². The van der Waals surface area contributed by atoms with E-state index in [1.807, 2.05) is 6.92 Å². The highest BCUT2D eigenvalue weighted by molar-refractivity contribution is 7.08. The summed E-state index contributed by atoms with van der Waals surface area (Å²) in [6, 6.07) is 0. The second-order valence-electron chi connectivity index (χ2n) is 5.12. The molecule has 1 fully saturated rings. The minimum Gasteiger partial charge on any atom is -0.466 e. The van der Waals surface area contributed by atoms with Crippen LogP contribution in [0.3, 0.4) is 0 Å². The Balaban J connectivity index is 1.94. The van der Waals surface area contributed by atoms with E-state index < -0.39 is 0 Å². The van der Waals surface area contributed by atoms with E-state index in [4.69, 9.17) is 4.74 Å². The lowest BCUT2D eigenvalue weighted by Crippen LogP contribution is -2.40. The molecule has 0 radical (unpaired) electrons. The first-order valence-corrected chi connectivity index (χ1v) is 8.21. The monoisotopic (exact) mass is 311 g/mol. The lowest BCUT2D eigenvalue weighted by Gasteiger charge is -2.30. The summed E-state index contributed by atoms with van der Waals surface area (Å²) < 4.78 is 8.93. The number of esters is 1. The third-order valence-corrected chi connectivity index (χ3v) is 4.40. The Bertz CT molecular complexity index is 495. The van der Waals surface area contributed by atoms with E-state index in [0.29, 0.717) is 37.4 Å². The van der Waals surface area contributed by atoms with Crippen LogP contribution in [0, 0.1) is 5.92 Å². The van der Waals surface area contributed by atoms with Gasteiger partial charge in [0, 0.05) is 13.1 Å². The number of amides is 1. The molecule has 0 N–H and O–H groups in total. The number of hydrogen-bond donors (Lipinski definition) is 0. The van der Waals surface area contributed by atoms with Crippen LogP contribution in [0.1, 0.15) is 48.5 Å². The van der Waals surface area contributed by atoms with E-state index >= 15 is 0 Å². The van der Waals surface area contributed by atoms with Gasteiger partial charge in [-0.25, -0.2) is 0 Å². The topological polar surface area (TPSA) is 72.4 Å². The number of rotatable bonds is 5. The molecule has 0 bridgehead atoms. The van der Waals surface area contributed by atoms with Gasteiger partial charge in [0.25, 0.3) is 5.91 Å². The van der Waals surface area contributed by atoms with Crippen LogP contribution in [0.15, 0.2) is 0 Å². The van der Waals surface area contributed by atoms with Crippen LogP contribution in [0.2, 0.25) is 0 Å². The third-order valence-electron chi connectivity index (χ3n) is 3.64. The zero-order chi connectivity index (χ0) is 15.2. The van der Waals surface area contributed by atoms with Gasteiger partial charge in [0.05, 0.1) is 18.2 Å². The maximum absolute atomic E-state index is 12.5. The van der Waals surface area contributed by atoms with Crippen molar-refractivity contribution >= 4 is 23.4 Å². The smallest absolute Gasteiger partial charge is 0.309 e. The Labute approximate surface area is 128 Å². The van der Waals surface area contributed by atoms with Crippen LogP contribution in [0.25, 0.3) is 0 Å². The molecule has 2 heterocycles. The third kappa shape index (κ3) is 3.78. The first-order chi connectivity index (χ1) is 10.2. The highest BCUT2D eigenvalue weighted by Crippen LogP contribution is 2.22. The minimum absolute atomic E-state index is 0.00393. The van der Waals surface area contributed by atoms with Gasteiger partial charge in [-0.15, -0.1) is 5.10 Å². The Morgan fingerprint density at radius 2 is 2.05 bits per heavy atom. The SMILES string of the molecule is CCCc1nnsc1C(=O)N1CCC(C(=O)OCC)CC1. The van der Waals surface area contributed by atoms with Gasteiger partial charge in [-0.2, -0.15) is 0 Å². The molecule has 0 atom stereocenters.